The second-order valence-corrected chi connectivity index (χ2v) is 9.84. The van der Waals surface area contributed by atoms with E-state index in [9.17, 15) is 4.79 Å². The first-order chi connectivity index (χ1) is 16.1. The van der Waals surface area contributed by atoms with Gasteiger partial charge in [-0.2, -0.15) is 5.10 Å². The van der Waals surface area contributed by atoms with E-state index in [4.69, 9.17) is 0 Å². The van der Waals surface area contributed by atoms with E-state index in [1.54, 1.807) is 0 Å². The van der Waals surface area contributed by atoms with Crippen molar-refractivity contribution in [2.45, 2.75) is 26.8 Å². The number of aromatic amines is 1. The average Bonchev–Trinajstić information content (AvgIpc) is 3.53. The Morgan fingerprint density at radius 3 is 2.91 bits per heavy atom. The molecule has 0 spiro atoms. The van der Waals surface area contributed by atoms with Gasteiger partial charge in [0.1, 0.15) is 0 Å². The summed E-state index contributed by atoms with van der Waals surface area (Å²) < 4.78 is 0. The zero-order chi connectivity index (χ0) is 22.8. The van der Waals surface area contributed by atoms with E-state index in [2.05, 4.69) is 51.6 Å². The molecule has 4 aromatic rings. The van der Waals surface area contributed by atoms with Gasteiger partial charge in [-0.25, -0.2) is 0 Å². The van der Waals surface area contributed by atoms with Crippen LogP contribution in [0.2, 0.25) is 0 Å². The molecule has 168 valence electrons. The molecular weight excluding hydrogens is 428 g/mol. The molecule has 2 aromatic carbocycles. The lowest BCUT2D eigenvalue weighted by molar-refractivity contribution is 0.103. The Morgan fingerprint density at radius 1 is 1.24 bits per heavy atom. The van der Waals surface area contributed by atoms with Crippen LogP contribution in [0.25, 0.3) is 23.1 Å². The highest BCUT2D eigenvalue weighted by Gasteiger charge is 2.19. The summed E-state index contributed by atoms with van der Waals surface area (Å²) in [5.74, 6) is 0.686. The molecule has 5 nitrogen and oxygen atoms in total. The van der Waals surface area contributed by atoms with E-state index >= 15 is 0 Å². The van der Waals surface area contributed by atoms with Gasteiger partial charge in [0, 0.05) is 24.2 Å². The van der Waals surface area contributed by atoms with Crippen molar-refractivity contribution in [2.24, 2.45) is 5.92 Å². The molecule has 1 aliphatic heterocycles. The summed E-state index contributed by atoms with van der Waals surface area (Å²) in [6, 6.07) is 16.4. The number of hydrogen-bond donors (Lipinski definition) is 2. The Kier molecular flexibility index (Phi) is 6.11. The number of carbonyl (C=O) groups excluding carboxylic acids is 1. The minimum Gasteiger partial charge on any atom is -0.321 e. The molecule has 0 radical (unpaired) electrons. The summed E-state index contributed by atoms with van der Waals surface area (Å²) in [6.07, 6.45) is 5.28. The van der Waals surface area contributed by atoms with Crippen LogP contribution < -0.4 is 5.32 Å². The van der Waals surface area contributed by atoms with Crippen LogP contribution in [0.15, 0.2) is 53.9 Å². The Hall–Kier alpha value is -3.22. The Morgan fingerprint density at radius 2 is 2.12 bits per heavy atom. The molecule has 1 aliphatic rings. The summed E-state index contributed by atoms with van der Waals surface area (Å²) in [6.45, 7) is 7.44. The number of aryl methyl sites for hydroxylation is 1. The average molecular weight is 457 g/mol. The molecule has 5 rings (SSSR count). The molecule has 0 saturated carbocycles. The molecule has 1 amide bonds. The van der Waals surface area contributed by atoms with Gasteiger partial charge in [0.2, 0.25) is 0 Å². The number of fused-ring (bicyclic) bond motifs is 1. The molecule has 33 heavy (non-hydrogen) atoms. The Bertz CT molecular complexity index is 1320. The van der Waals surface area contributed by atoms with Crippen molar-refractivity contribution in [1.82, 2.24) is 15.1 Å². The number of anilines is 1. The lowest BCUT2D eigenvalue weighted by Gasteiger charge is -2.17. The summed E-state index contributed by atoms with van der Waals surface area (Å²) in [5, 5.41) is 13.7. The number of benzene rings is 2. The predicted octanol–water partition coefficient (Wildman–Crippen LogP) is 6.20. The van der Waals surface area contributed by atoms with Crippen molar-refractivity contribution in [3.05, 3.63) is 81.2 Å². The van der Waals surface area contributed by atoms with Gasteiger partial charge in [-0.05, 0) is 72.2 Å². The number of H-pyrrole nitrogens is 1. The number of nitrogens with zero attached hydrogens (tertiary/aromatic N) is 2. The van der Waals surface area contributed by atoms with Crippen molar-refractivity contribution >= 4 is 46.0 Å². The molecule has 2 aromatic heterocycles. The van der Waals surface area contributed by atoms with Crippen LogP contribution in [0.1, 0.15) is 45.4 Å². The SMILES string of the molecule is Cc1ccsc1C(=O)Nc1cc(CN2CCC(C)C2)ccc1C=Cc1n[nH]c2ccccc12. The van der Waals surface area contributed by atoms with Gasteiger partial charge in [-0.3, -0.25) is 14.8 Å². The fraction of sp³-hybridized carbons (Fsp3) is 0.259. The number of thiophene rings is 1. The highest BCUT2D eigenvalue weighted by molar-refractivity contribution is 7.12. The van der Waals surface area contributed by atoms with Crippen molar-refractivity contribution in [1.29, 1.82) is 0 Å². The monoisotopic (exact) mass is 456 g/mol. The number of nitrogens with one attached hydrogen (secondary N) is 2. The first kappa shape index (κ1) is 21.6. The molecule has 0 aliphatic carbocycles. The van der Waals surface area contributed by atoms with Gasteiger partial charge >= 0.3 is 0 Å². The van der Waals surface area contributed by atoms with Crippen LogP contribution in [0.3, 0.4) is 0 Å². The van der Waals surface area contributed by atoms with E-state index in [0.29, 0.717) is 0 Å². The number of hydrogen-bond acceptors (Lipinski definition) is 4. The van der Waals surface area contributed by atoms with Crippen molar-refractivity contribution in [3.63, 3.8) is 0 Å². The van der Waals surface area contributed by atoms with Gasteiger partial charge in [0.05, 0.1) is 16.1 Å². The van der Waals surface area contributed by atoms with E-state index in [1.807, 2.05) is 48.7 Å². The molecule has 1 atom stereocenters. The van der Waals surface area contributed by atoms with Gasteiger partial charge in [-0.1, -0.05) is 43.3 Å². The Balaban J connectivity index is 1.45. The third-order valence-electron chi connectivity index (χ3n) is 6.27. The number of rotatable bonds is 6. The Labute approximate surface area is 198 Å². The highest BCUT2D eigenvalue weighted by atomic mass is 32.1. The maximum Gasteiger partial charge on any atom is 0.266 e. The summed E-state index contributed by atoms with van der Waals surface area (Å²) in [5.41, 5.74) is 5.89. The largest absolute Gasteiger partial charge is 0.321 e. The third kappa shape index (κ3) is 4.77. The topological polar surface area (TPSA) is 61.0 Å². The highest BCUT2D eigenvalue weighted by Crippen LogP contribution is 2.26. The smallest absolute Gasteiger partial charge is 0.266 e. The number of carbonyl (C=O) groups is 1. The van der Waals surface area contributed by atoms with Crippen molar-refractivity contribution < 1.29 is 4.79 Å². The predicted molar refractivity (Wildman–Crippen MR) is 138 cm³/mol. The lowest BCUT2D eigenvalue weighted by Crippen LogP contribution is -2.20. The van der Waals surface area contributed by atoms with Crippen LogP contribution in [0.5, 0.6) is 0 Å². The fourth-order valence-corrected chi connectivity index (χ4v) is 5.27. The molecule has 0 bridgehead atoms. The molecule has 1 saturated heterocycles. The zero-order valence-corrected chi connectivity index (χ0v) is 19.8. The van der Waals surface area contributed by atoms with Gasteiger partial charge in [0.15, 0.2) is 0 Å². The van der Waals surface area contributed by atoms with Crippen molar-refractivity contribution in [3.8, 4) is 0 Å². The first-order valence-electron chi connectivity index (χ1n) is 11.4. The second-order valence-electron chi connectivity index (χ2n) is 8.93. The summed E-state index contributed by atoms with van der Waals surface area (Å²) >= 11 is 1.47. The summed E-state index contributed by atoms with van der Waals surface area (Å²) in [4.78, 5) is 16.2. The fourth-order valence-electron chi connectivity index (χ4n) is 4.45. The normalized spacial score (nSPS) is 16.7. The minimum absolute atomic E-state index is 0.0608. The summed E-state index contributed by atoms with van der Waals surface area (Å²) in [7, 11) is 0. The van der Waals surface area contributed by atoms with Crippen LogP contribution >= 0.6 is 11.3 Å². The molecule has 2 N–H and O–H groups in total. The lowest BCUT2D eigenvalue weighted by atomic mass is 10.1. The molecule has 1 fully saturated rings. The van der Waals surface area contributed by atoms with Gasteiger partial charge in [0.25, 0.3) is 5.91 Å². The van der Waals surface area contributed by atoms with Crippen LogP contribution in [-0.2, 0) is 6.54 Å². The van der Waals surface area contributed by atoms with Crippen molar-refractivity contribution in [2.75, 3.05) is 18.4 Å². The molecular formula is C27H28N4OS. The first-order valence-corrected chi connectivity index (χ1v) is 12.3. The quantitative estimate of drug-likeness (QED) is 0.363. The maximum absolute atomic E-state index is 13.0. The van der Waals surface area contributed by atoms with Crippen LogP contribution in [0.4, 0.5) is 5.69 Å². The van der Waals surface area contributed by atoms with Crippen LogP contribution in [0, 0.1) is 12.8 Å². The standard InChI is InChI=1S/C27H28N4OS/c1-18-11-13-31(16-18)17-20-7-8-21(9-10-24-22-5-3-4-6-23(22)29-30-24)25(15-20)28-27(32)26-19(2)12-14-33-26/h3-10,12,14-15,18H,11,13,16-17H2,1-2H3,(H,28,32)(H,29,30). The van der Waals surface area contributed by atoms with E-state index in [0.717, 1.165) is 63.8 Å². The number of amides is 1. The maximum atomic E-state index is 13.0. The van der Waals surface area contributed by atoms with E-state index < -0.39 is 0 Å². The van der Waals surface area contributed by atoms with Crippen LogP contribution in [-0.4, -0.2) is 34.1 Å². The zero-order valence-electron chi connectivity index (χ0n) is 19.0. The molecule has 1 unspecified atom stereocenters. The molecule has 6 heteroatoms. The third-order valence-corrected chi connectivity index (χ3v) is 7.28. The number of likely N-dealkylation sites (tertiary alicyclic amines) is 1. The van der Waals surface area contributed by atoms with Gasteiger partial charge < -0.3 is 5.32 Å². The van der Waals surface area contributed by atoms with Gasteiger partial charge in [-0.15, -0.1) is 11.3 Å². The molecule has 3 heterocycles. The van der Waals surface area contributed by atoms with E-state index in [1.165, 1.54) is 23.3 Å². The number of para-hydroxylation sites is 1. The minimum atomic E-state index is -0.0608. The van der Waals surface area contributed by atoms with E-state index in [-0.39, 0.29) is 5.91 Å². The number of aromatic nitrogens is 2. The second kappa shape index (κ2) is 9.33.